The number of hydrogen-bond donors (Lipinski definition) is 0. The maximum absolute atomic E-state index is 12.5. The van der Waals surface area contributed by atoms with Crippen molar-refractivity contribution in [1.82, 2.24) is 4.90 Å². The van der Waals surface area contributed by atoms with Gasteiger partial charge in [-0.2, -0.15) is 5.26 Å². The molecule has 0 radical (unpaired) electrons. The van der Waals surface area contributed by atoms with Crippen LogP contribution < -0.4 is 4.74 Å². The Morgan fingerprint density at radius 1 is 1.24 bits per heavy atom. The Hall–Kier alpha value is -1.74. The van der Waals surface area contributed by atoms with Crippen molar-refractivity contribution >= 4 is 22.0 Å². The molecule has 0 aromatic heterocycles. The summed E-state index contributed by atoms with van der Waals surface area (Å²) < 4.78 is 12.5. The van der Waals surface area contributed by atoms with Gasteiger partial charge in [-0.25, -0.2) is 4.79 Å². The Labute approximate surface area is 157 Å². The van der Waals surface area contributed by atoms with Crippen LogP contribution in [0.15, 0.2) is 22.7 Å². The van der Waals surface area contributed by atoms with Gasteiger partial charge in [0.05, 0.1) is 11.6 Å². The van der Waals surface area contributed by atoms with Gasteiger partial charge in [0.2, 0.25) is 0 Å². The average Bonchev–Trinajstić information content (AvgIpc) is 2.76. The number of halogens is 1. The molecule has 3 rings (SSSR count). The first-order chi connectivity index (χ1) is 11.7. The Bertz CT molecular complexity index is 694. The molecule has 2 unspecified atom stereocenters. The molecule has 1 aromatic carbocycles. The highest BCUT2D eigenvalue weighted by molar-refractivity contribution is 9.10. The first kappa shape index (κ1) is 18.1. The van der Waals surface area contributed by atoms with Gasteiger partial charge in [0.15, 0.2) is 0 Å². The van der Waals surface area contributed by atoms with E-state index in [2.05, 4.69) is 22.0 Å². The first-order valence-corrected chi connectivity index (χ1v) is 9.43. The van der Waals surface area contributed by atoms with Gasteiger partial charge in [-0.1, -0.05) is 15.9 Å². The van der Waals surface area contributed by atoms with Crippen molar-refractivity contribution in [1.29, 1.82) is 5.26 Å². The molecule has 1 aromatic rings. The van der Waals surface area contributed by atoms with Crippen LogP contribution in [0.2, 0.25) is 0 Å². The summed E-state index contributed by atoms with van der Waals surface area (Å²) in [4.78, 5) is 14.4. The van der Waals surface area contributed by atoms with Crippen molar-refractivity contribution in [2.45, 2.75) is 70.2 Å². The summed E-state index contributed by atoms with van der Waals surface area (Å²) in [7, 11) is 0. The largest absolute Gasteiger partial charge is 0.490 e. The quantitative estimate of drug-likeness (QED) is 0.717. The van der Waals surface area contributed by atoms with E-state index in [0.29, 0.717) is 11.3 Å². The summed E-state index contributed by atoms with van der Waals surface area (Å²) in [6.45, 7) is 5.67. The lowest BCUT2D eigenvalue weighted by Gasteiger charge is -2.39. The van der Waals surface area contributed by atoms with Crippen molar-refractivity contribution in [3.8, 4) is 11.8 Å². The van der Waals surface area contributed by atoms with Crippen LogP contribution >= 0.6 is 15.9 Å². The van der Waals surface area contributed by atoms with E-state index < -0.39 is 5.60 Å². The minimum atomic E-state index is -0.478. The summed E-state index contributed by atoms with van der Waals surface area (Å²) in [6.07, 6.45) is 3.41. The second kappa shape index (κ2) is 6.87. The van der Waals surface area contributed by atoms with Gasteiger partial charge in [0, 0.05) is 29.4 Å². The topological polar surface area (TPSA) is 62.6 Å². The van der Waals surface area contributed by atoms with Crippen LogP contribution in [-0.2, 0) is 4.74 Å². The van der Waals surface area contributed by atoms with Crippen LogP contribution in [0.4, 0.5) is 4.79 Å². The fourth-order valence-corrected chi connectivity index (χ4v) is 4.20. The lowest BCUT2D eigenvalue weighted by Crippen LogP contribution is -2.50. The number of benzene rings is 1. The molecule has 2 bridgehead atoms. The van der Waals surface area contributed by atoms with E-state index in [-0.39, 0.29) is 24.3 Å². The molecule has 2 heterocycles. The first-order valence-electron chi connectivity index (χ1n) is 8.64. The molecular formula is C19H23BrN2O3. The molecule has 5 nitrogen and oxygen atoms in total. The van der Waals surface area contributed by atoms with E-state index in [1.807, 2.05) is 31.7 Å². The normalized spacial score (nSPS) is 25.4. The van der Waals surface area contributed by atoms with Crippen LogP contribution in [0.5, 0.6) is 5.75 Å². The SMILES string of the molecule is CC(C)(C)OC(=O)N1C2CCC1CC(Oc1cc(Br)cc(C#N)c1)C2. The van der Waals surface area contributed by atoms with Gasteiger partial charge >= 0.3 is 6.09 Å². The van der Waals surface area contributed by atoms with Crippen molar-refractivity contribution in [2.75, 3.05) is 0 Å². The summed E-state index contributed by atoms with van der Waals surface area (Å²) in [5.41, 5.74) is 0.0898. The van der Waals surface area contributed by atoms with Gasteiger partial charge in [-0.05, 0) is 51.8 Å². The Balaban J connectivity index is 1.67. The standard InChI is InChI=1S/C19H23BrN2O3/c1-19(2,3)25-18(23)22-14-4-5-15(22)10-17(9-14)24-16-7-12(11-21)6-13(20)8-16/h6-8,14-15,17H,4-5,9-10H2,1-3H3. The second-order valence-electron chi connectivity index (χ2n) is 7.77. The molecule has 134 valence electrons. The van der Waals surface area contributed by atoms with Gasteiger partial charge in [-0.15, -0.1) is 0 Å². The molecule has 2 fully saturated rings. The highest BCUT2D eigenvalue weighted by Crippen LogP contribution is 2.38. The summed E-state index contributed by atoms with van der Waals surface area (Å²) in [5.74, 6) is 0.695. The number of rotatable bonds is 2. The average molecular weight is 407 g/mol. The molecule has 25 heavy (non-hydrogen) atoms. The number of carbonyl (C=O) groups excluding carboxylic acids is 1. The molecule has 2 saturated heterocycles. The highest BCUT2D eigenvalue weighted by Gasteiger charge is 2.45. The molecule has 2 aliphatic rings. The number of amides is 1. The third-order valence-electron chi connectivity index (χ3n) is 4.60. The summed E-state index contributed by atoms with van der Waals surface area (Å²) >= 11 is 3.41. The zero-order valence-electron chi connectivity index (χ0n) is 14.8. The number of hydrogen-bond acceptors (Lipinski definition) is 4. The smallest absolute Gasteiger partial charge is 0.410 e. The van der Waals surface area contributed by atoms with Gasteiger partial charge in [0.1, 0.15) is 17.5 Å². The van der Waals surface area contributed by atoms with E-state index in [1.54, 1.807) is 12.1 Å². The maximum Gasteiger partial charge on any atom is 0.410 e. The Morgan fingerprint density at radius 3 is 2.44 bits per heavy atom. The van der Waals surface area contributed by atoms with Crippen molar-refractivity contribution in [3.05, 3.63) is 28.2 Å². The molecule has 2 atom stereocenters. The lowest BCUT2D eigenvalue weighted by atomic mass is 10.00. The minimum Gasteiger partial charge on any atom is -0.490 e. The van der Waals surface area contributed by atoms with Gasteiger partial charge in [-0.3, -0.25) is 0 Å². The van der Waals surface area contributed by atoms with E-state index in [9.17, 15) is 4.79 Å². The second-order valence-corrected chi connectivity index (χ2v) is 8.69. The van der Waals surface area contributed by atoms with Gasteiger partial charge < -0.3 is 14.4 Å². The number of ether oxygens (including phenoxy) is 2. The predicted octanol–water partition coefficient (Wildman–Crippen LogP) is 4.63. The van der Waals surface area contributed by atoms with E-state index in [0.717, 1.165) is 30.2 Å². The molecule has 0 aliphatic carbocycles. The van der Waals surface area contributed by atoms with Crippen LogP contribution in [0.25, 0.3) is 0 Å². The predicted molar refractivity (Wildman–Crippen MR) is 97.4 cm³/mol. The van der Waals surface area contributed by atoms with Crippen molar-refractivity contribution in [3.63, 3.8) is 0 Å². The molecule has 6 heteroatoms. The fourth-order valence-electron chi connectivity index (χ4n) is 3.72. The maximum atomic E-state index is 12.5. The van der Waals surface area contributed by atoms with E-state index in [1.165, 1.54) is 0 Å². The van der Waals surface area contributed by atoms with Crippen LogP contribution in [0, 0.1) is 11.3 Å². The third kappa shape index (κ3) is 4.27. The highest BCUT2D eigenvalue weighted by atomic mass is 79.9. The molecule has 0 saturated carbocycles. The minimum absolute atomic E-state index is 0.0528. The molecular weight excluding hydrogens is 384 g/mol. The van der Waals surface area contributed by atoms with Crippen molar-refractivity contribution < 1.29 is 14.3 Å². The zero-order chi connectivity index (χ0) is 18.2. The van der Waals surface area contributed by atoms with Crippen LogP contribution in [-0.4, -0.2) is 34.8 Å². The monoisotopic (exact) mass is 406 g/mol. The Morgan fingerprint density at radius 2 is 1.88 bits per heavy atom. The van der Waals surface area contributed by atoms with E-state index in [4.69, 9.17) is 14.7 Å². The number of nitriles is 1. The summed E-state index contributed by atoms with van der Waals surface area (Å²) in [5, 5.41) is 9.09. The third-order valence-corrected chi connectivity index (χ3v) is 5.06. The number of piperidine rings is 1. The van der Waals surface area contributed by atoms with Crippen molar-refractivity contribution in [2.24, 2.45) is 0 Å². The zero-order valence-corrected chi connectivity index (χ0v) is 16.4. The Kier molecular flexibility index (Phi) is 4.97. The molecule has 0 N–H and O–H groups in total. The van der Waals surface area contributed by atoms with E-state index >= 15 is 0 Å². The molecule has 0 spiro atoms. The van der Waals surface area contributed by atoms with Crippen LogP contribution in [0.1, 0.15) is 52.0 Å². The molecule has 2 aliphatic heterocycles. The number of nitrogens with zero attached hydrogens (tertiary/aromatic N) is 2. The van der Waals surface area contributed by atoms with Gasteiger partial charge in [0.25, 0.3) is 0 Å². The fraction of sp³-hybridized carbons (Fsp3) is 0.579. The summed E-state index contributed by atoms with van der Waals surface area (Å²) in [6, 6.07) is 7.88. The van der Waals surface area contributed by atoms with Crippen LogP contribution in [0.3, 0.4) is 0 Å². The lowest BCUT2D eigenvalue weighted by molar-refractivity contribution is -0.00707. The number of fused-ring (bicyclic) bond motifs is 2. The molecule has 1 amide bonds. The number of carbonyl (C=O) groups is 1.